The summed E-state index contributed by atoms with van der Waals surface area (Å²) in [6.45, 7) is 9.90. The molecule has 0 saturated heterocycles. The molecule has 1 rings (SSSR count). The molecule has 0 aliphatic heterocycles. The van der Waals surface area contributed by atoms with Crippen LogP contribution in [0.1, 0.15) is 29.4 Å². The number of thiazole rings is 1. The Bertz CT molecular complexity index is 295. The summed E-state index contributed by atoms with van der Waals surface area (Å²) in [5, 5.41) is 2.20. The molecule has 0 aliphatic rings. The summed E-state index contributed by atoms with van der Waals surface area (Å²) >= 11 is 5.33. The third-order valence-electron chi connectivity index (χ3n) is 2.59. The third-order valence-corrected chi connectivity index (χ3v) is 4.74. The maximum absolute atomic E-state index is 4.58. The van der Waals surface area contributed by atoms with Crippen LogP contribution in [0.25, 0.3) is 0 Å². The van der Waals surface area contributed by atoms with Crippen molar-refractivity contribution in [2.45, 2.75) is 32.5 Å². The molecular formula is C11H19BrN2S. The number of alkyl halides is 1. The number of hydrogen-bond donors (Lipinski definition) is 0. The Morgan fingerprint density at radius 2 is 2.00 bits per heavy atom. The molecule has 0 aromatic carbocycles. The van der Waals surface area contributed by atoms with Gasteiger partial charge in [-0.1, -0.05) is 29.8 Å². The SMILES string of the molecule is CCN(CC)CCc1nc(C)c(CBr)s1. The van der Waals surface area contributed by atoms with E-state index in [1.165, 1.54) is 15.6 Å². The van der Waals surface area contributed by atoms with Gasteiger partial charge in [-0.05, 0) is 20.0 Å². The Morgan fingerprint density at radius 3 is 2.47 bits per heavy atom. The van der Waals surface area contributed by atoms with Crippen LogP contribution in [-0.4, -0.2) is 29.5 Å². The average molecular weight is 291 g/mol. The highest BCUT2D eigenvalue weighted by molar-refractivity contribution is 9.08. The Kier molecular flexibility index (Phi) is 5.79. The first-order chi connectivity index (χ1) is 7.21. The van der Waals surface area contributed by atoms with Gasteiger partial charge in [0, 0.05) is 23.2 Å². The van der Waals surface area contributed by atoms with Crippen LogP contribution in [0.5, 0.6) is 0 Å². The molecule has 0 amide bonds. The van der Waals surface area contributed by atoms with Crippen molar-refractivity contribution in [2.24, 2.45) is 0 Å². The number of hydrogen-bond acceptors (Lipinski definition) is 3. The van der Waals surface area contributed by atoms with Gasteiger partial charge < -0.3 is 4.90 Å². The highest BCUT2D eigenvalue weighted by Crippen LogP contribution is 2.21. The molecule has 1 aromatic rings. The van der Waals surface area contributed by atoms with E-state index in [4.69, 9.17) is 0 Å². The Balaban J connectivity index is 2.50. The summed E-state index contributed by atoms with van der Waals surface area (Å²) in [5.41, 5.74) is 1.19. The van der Waals surface area contributed by atoms with E-state index in [9.17, 15) is 0 Å². The highest BCUT2D eigenvalue weighted by atomic mass is 79.9. The smallest absolute Gasteiger partial charge is 0.0944 e. The van der Waals surface area contributed by atoms with Crippen LogP contribution < -0.4 is 0 Å². The minimum Gasteiger partial charge on any atom is -0.303 e. The van der Waals surface area contributed by atoms with E-state index in [2.05, 4.69) is 46.6 Å². The van der Waals surface area contributed by atoms with Crippen LogP contribution in [0.4, 0.5) is 0 Å². The van der Waals surface area contributed by atoms with Crippen LogP contribution in [0.3, 0.4) is 0 Å². The third kappa shape index (κ3) is 3.85. The molecule has 0 bridgehead atoms. The number of rotatable bonds is 6. The lowest BCUT2D eigenvalue weighted by atomic mass is 10.4. The highest BCUT2D eigenvalue weighted by Gasteiger charge is 2.07. The maximum atomic E-state index is 4.58. The molecule has 0 radical (unpaired) electrons. The van der Waals surface area contributed by atoms with Gasteiger partial charge in [0.25, 0.3) is 0 Å². The number of nitrogens with zero attached hydrogens (tertiary/aromatic N) is 2. The first-order valence-electron chi connectivity index (χ1n) is 5.44. The Morgan fingerprint density at radius 1 is 1.33 bits per heavy atom. The second kappa shape index (κ2) is 6.61. The summed E-state index contributed by atoms with van der Waals surface area (Å²) in [4.78, 5) is 8.38. The number of aryl methyl sites for hydroxylation is 1. The van der Waals surface area contributed by atoms with Crippen molar-refractivity contribution in [3.05, 3.63) is 15.6 Å². The molecule has 15 heavy (non-hydrogen) atoms. The van der Waals surface area contributed by atoms with Crippen molar-refractivity contribution < 1.29 is 0 Å². The standard InChI is InChI=1S/C11H19BrN2S/c1-4-14(5-2)7-6-11-13-9(3)10(8-12)15-11/h4-8H2,1-3H3. The fourth-order valence-corrected chi connectivity index (χ4v) is 3.17. The molecule has 4 heteroatoms. The van der Waals surface area contributed by atoms with Crippen molar-refractivity contribution in [1.29, 1.82) is 0 Å². The van der Waals surface area contributed by atoms with E-state index in [0.717, 1.165) is 31.4 Å². The lowest BCUT2D eigenvalue weighted by Gasteiger charge is -2.16. The second-order valence-electron chi connectivity index (χ2n) is 3.53. The van der Waals surface area contributed by atoms with Gasteiger partial charge in [0.1, 0.15) is 0 Å². The van der Waals surface area contributed by atoms with Crippen LogP contribution in [0.15, 0.2) is 0 Å². The zero-order valence-corrected chi connectivity index (χ0v) is 12.1. The molecule has 0 aliphatic carbocycles. The molecule has 1 heterocycles. The number of halogens is 1. The van der Waals surface area contributed by atoms with Gasteiger partial charge in [-0.2, -0.15) is 0 Å². The molecule has 2 nitrogen and oxygen atoms in total. The van der Waals surface area contributed by atoms with Crippen molar-refractivity contribution in [1.82, 2.24) is 9.88 Å². The zero-order chi connectivity index (χ0) is 11.3. The van der Waals surface area contributed by atoms with Crippen molar-refractivity contribution >= 4 is 27.3 Å². The van der Waals surface area contributed by atoms with E-state index < -0.39 is 0 Å². The predicted octanol–water partition coefficient (Wildman–Crippen LogP) is 3.23. The van der Waals surface area contributed by atoms with E-state index in [1.807, 2.05) is 11.3 Å². The van der Waals surface area contributed by atoms with Crippen molar-refractivity contribution in [2.75, 3.05) is 19.6 Å². The van der Waals surface area contributed by atoms with Gasteiger partial charge in [0.2, 0.25) is 0 Å². The largest absolute Gasteiger partial charge is 0.303 e. The van der Waals surface area contributed by atoms with E-state index in [-0.39, 0.29) is 0 Å². The first kappa shape index (κ1) is 13.1. The molecular weight excluding hydrogens is 272 g/mol. The molecule has 86 valence electrons. The van der Waals surface area contributed by atoms with E-state index in [1.54, 1.807) is 0 Å². The molecule has 0 spiro atoms. The zero-order valence-electron chi connectivity index (χ0n) is 9.72. The molecule has 0 unspecified atom stereocenters. The lowest BCUT2D eigenvalue weighted by molar-refractivity contribution is 0.308. The quantitative estimate of drug-likeness (QED) is 0.748. The minimum absolute atomic E-state index is 0.932. The van der Waals surface area contributed by atoms with Gasteiger partial charge in [0.05, 0.1) is 10.7 Å². The topological polar surface area (TPSA) is 16.1 Å². The minimum atomic E-state index is 0.932. The average Bonchev–Trinajstić information content (AvgIpc) is 2.60. The fraction of sp³-hybridized carbons (Fsp3) is 0.727. The monoisotopic (exact) mass is 290 g/mol. The fourth-order valence-electron chi connectivity index (χ4n) is 1.51. The summed E-state index contributed by atoms with van der Waals surface area (Å²) in [6, 6.07) is 0. The summed E-state index contributed by atoms with van der Waals surface area (Å²) in [5.74, 6) is 0. The summed E-state index contributed by atoms with van der Waals surface area (Å²) < 4.78 is 0. The van der Waals surface area contributed by atoms with Crippen molar-refractivity contribution in [3.8, 4) is 0 Å². The van der Waals surface area contributed by atoms with E-state index >= 15 is 0 Å². The Hall–Kier alpha value is 0.0700. The maximum Gasteiger partial charge on any atom is 0.0944 e. The van der Waals surface area contributed by atoms with Crippen LogP contribution >= 0.6 is 27.3 Å². The molecule has 0 N–H and O–H groups in total. The van der Waals surface area contributed by atoms with Gasteiger partial charge in [-0.3, -0.25) is 0 Å². The van der Waals surface area contributed by atoms with Crippen LogP contribution in [0, 0.1) is 6.92 Å². The van der Waals surface area contributed by atoms with Gasteiger partial charge in [-0.15, -0.1) is 11.3 Å². The van der Waals surface area contributed by atoms with Gasteiger partial charge in [0.15, 0.2) is 0 Å². The van der Waals surface area contributed by atoms with Gasteiger partial charge >= 0.3 is 0 Å². The Labute approximate surface area is 105 Å². The summed E-state index contributed by atoms with van der Waals surface area (Å²) in [7, 11) is 0. The summed E-state index contributed by atoms with van der Waals surface area (Å²) in [6.07, 6.45) is 1.08. The van der Waals surface area contributed by atoms with Gasteiger partial charge in [-0.25, -0.2) is 4.98 Å². The van der Waals surface area contributed by atoms with Crippen LogP contribution in [-0.2, 0) is 11.8 Å². The molecule has 0 saturated carbocycles. The van der Waals surface area contributed by atoms with Crippen molar-refractivity contribution in [3.63, 3.8) is 0 Å². The molecule has 0 atom stereocenters. The lowest BCUT2D eigenvalue weighted by Crippen LogP contribution is -2.25. The number of likely N-dealkylation sites (N-methyl/N-ethyl adjacent to an activating group) is 1. The number of aromatic nitrogens is 1. The first-order valence-corrected chi connectivity index (χ1v) is 7.38. The van der Waals surface area contributed by atoms with Crippen LogP contribution in [0.2, 0.25) is 0 Å². The predicted molar refractivity (Wildman–Crippen MR) is 71.0 cm³/mol. The van der Waals surface area contributed by atoms with E-state index in [0.29, 0.717) is 0 Å². The second-order valence-corrected chi connectivity index (χ2v) is 5.26. The molecule has 1 aromatic heterocycles. The molecule has 0 fully saturated rings. The normalized spacial score (nSPS) is 11.3.